The van der Waals surface area contributed by atoms with E-state index in [1.54, 1.807) is 17.4 Å². The van der Waals surface area contributed by atoms with Gasteiger partial charge in [-0.05, 0) is 41.1 Å². The van der Waals surface area contributed by atoms with Crippen molar-refractivity contribution in [1.29, 1.82) is 0 Å². The minimum Gasteiger partial charge on any atom is -0.271 e. The van der Waals surface area contributed by atoms with Crippen molar-refractivity contribution in [2.24, 2.45) is 5.84 Å². The van der Waals surface area contributed by atoms with Crippen molar-refractivity contribution in [3.05, 3.63) is 57.5 Å². The van der Waals surface area contributed by atoms with E-state index in [0.717, 1.165) is 16.9 Å². The molecule has 1 aromatic carbocycles. The van der Waals surface area contributed by atoms with E-state index in [-0.39, 0.29) is 11.9 Å². The Morgan fingerprint density at radius 1 is 1.41 bits per heavy atom. The van der Waals surface area contributed by atoms with Crippen LogP contribution in [0, 0.1) is 5.82 Å². The normalized spacial score (nSPS) is 12.6. The van der Waals surface area contributed by atoms with Crippen molar-refractivity contribution in [3.63, 3.8) is 0 Å². The lowest BCUT2D eigenvalue weighted by molar-refractivity contribution is 0.607. The fourth-order valence-corrected chi connectivity index (χ4v) is 2.99. The molecule has 1 atom stereocenters. The Morgan fingerprint density at radius 2 is 2.24 bits per heavy atom. The molecule has 2 rings (SSSR count). The average Bonchev–Trinajstić information content (AvgIpc) is 2.78. The molecule has 0 aliphatic rings. The molecule has 0 aliphatic heterocycles. The average molecular weight is 250 g/mol. The third-order valence-corrected chi connectivity index (χ3v) is 3.80. The Bertz CT molecular complexity index is 496. The zero-order chi connectivity index (χ0) is 12.3. The van der Waals surface area contributed by atoms with Crippen LogP contribution in [0.15, 0.2) is 35.7 Å². The van der Waals surface area contributed by atoms with Gasteiger partial charge in [-0.3, -0.25) is 5.84 Å². The van der Waals surface area contributed by atoms with E-state index in [0.29, 0.717) is 0 Å². The molecule has 0 saturated carbocycles. The second-order valence-corrected chi connectivity index (χ2v) is 4.77. The molecule has 0 fully saturated rings. The molecule has 0 bridgehead atoms. The summed E-state index contributed by atoms with van der Waals surface area (Å²) in [5.74, 6) is 5.37. The van der Waals surface area contributed by atoms with Crippen LogP contribution in [-0.2, 0) is 6.42 Å². The predicted molar refractivity (Wildman–Crippen MR) is 69.3 cm³/mol. The van der Waals surface area contributed by atoms with E-state index >= 15 is 0 Å². The number of hydrogen-bond acceptors (Lipinski definition) is 3. The van der Waals surface area contributed by atoms with Crippen LogP contribution in [-0.4, -0.2) is 0 Å². The molecule has 0 radical (unpaired) electrons. The Hall–Kier alpha value is -1.23. The third kappa shape index (κ3) is 2.54. The molecule has 17 heavy (non-hydrogen) atoms. The fraction of sp³-hybridized carbons (Fsp3) is 0.231. The Labute approximate surface area is 104 Å². The first kappa shape index (κ1) is 12.2. The van der Waals surface area contributed by atoms with Gasteiger partial charge < -0.3 is 0 Å². The van der Waals surface area contributed by atoms with Gasteiger partial charge in [-0.25, -0.2) is 9.82 Å². The molecule has 0 saturated heterocycles. The van der Waals surface area contributed by atoms with Gasteiger partial charge in [0.2, 0.25) is 0 Å². The molecule has 0 spiro atoms. The standard InChI is InChI=1S/C13H15FN2S/c1-2-9-6-7-17-13(9)12(16-15)10-4-3-5-11(14)8-10/h3-8,12,16H,2,15H2,1H3. The first-order valence-corrected chi connectivity index (χ1v) is 6.42. The first-order valence-electron chi connectivity index (χ1n) is 5.54. The summed E-state index contributed by atoms with van der Waals surface area (Å²) in [5.41, 5.74) is 4.87. The minimum absolute atomic E-state index is 0.138. The van der Waals surface area contributed by atoms with Gasteiger partial charge in [0.25, 0.3) is 0 Å². The maximum atomic E-state index is 13.2. The van der Waals surface area contributed by atoms with Crippen molar-refractivity contribution >= 4 is 11.3 Å². The van der Waals surface area contributed by atoms with Crippen molar-refractivity contribution in [2.75, 3.05) is 0 Å². The molecule has 4 heteroatoms. The quantitative estimate of drug-likeness (QED) is 0.646. The lowest BCUT2D eigenvalue weighted by Crippen LogP contribution is -2.28. The van der Waals surface area contributed by atoms with Crippen molar-refractivity contribution in [3.8, 4) is 0 Å². The summed E-state index contributed by atoms with van der Waals surface area (Å²) >= 11 is 1.64. The second-order valence-electron chi connectivity index (χ2n) is 3.82. The van der Waals surface area contributed by atoms with Gasteiger partial charge in [0.05, 0.1) is 6.04 Å². The molecule has 2 nitrogen and oxygen atoms in total. The molecule has 0 aliphatic carbocycles. The van der Waals surface area contributed by atoms with Gasteiger partial charge in [0.1, 0.15) is 5.82 Å². The van der Waals surface area contributed by atoms with E-state index in [4.69, 9.17) is 5.84 Å². The van der Waals surface area contributed by atoms with Crippen LogP contribution < -0.4 is 11.3 Å². The highest BCUT2D eigenvalue weighted by atomic mass is 32.1. The summed E-state index contributed by atoms with van der Waals surface area (Å²) < 4.78 is 13.2. The SMILES string of the molecule is CCc1ccsc1C(NN)c1cccc(F)c1. The Morgan fingerprint density at radius 3 is 2.88 bits per heavy atom. The topological polar surface area (TPSA) is 38.0 Å². The Kier molecular flexibility index (Phi) is 3.89. The van der Waals surface area contributed by atoms with Gasteiger partial charge in [0.15, 0.2) is 0 Å². The smallest absolute Gasteiger partial charge is 0.123 e. The first-order chi connectivity index (χ1) is 8.26. The summed E-state index contributed by atoms with van der Waals surface area (Å²) in [6.45, 7) is 2.10. The summed E-state index contributed by atoms with van der Waals surface area (Å²) in [7, 11) is 0. The van der Waals surface area contributed by atoms with E-state index in [1.165, 1.54) is 17.7 Å². The largest absolute Gasteiger partial charge is 0.271 e. The number of benzene rings is 1. The summed E-state index contributed by atoms with van der Waals surface area (Å²) in [4.78, 5) is 1.15. The predicted octanol–water partition coefficient (Wildman–Crippen LogP) is 3.00. The van der Waals surface area contributed by atoms with Crippen LogP contribution in [0.2, 0.25) is 0 Å². The number of nitrogens with one attached hydrogen (secondary N) is 1. The number of thiophene rings is 1. The monoisotopic (exact) mass is 250 g/mol. The molecule has 0 amide bonds. The van der Waals surface area contributed by atoms with Crippen LogP contribution in [0.4, 0.5) is 4.39 Å². The molecule has 1 unspecified atom stereocenters. The number of halogens is 1. The van der Waals surface area contributed by atoms with Crippen LogP contribution in [0.25, 0.3) is 0 Å². The minimum atomic E-state index is -0.239. The fourth-order valence-electron chi connectivity index (χ4n) is 1.90. The number of nitrogens with two attached hydrogens (primary N) is 1. The van der Waals surface area contributed by atoms with E-state index in [2.05, 4.69) is 18.4 Å². The van der Waals surface area contributed by atoms with E-state index in [1.807, 2.05) is 11.4 Å². The van der Waals surface area contributed by atoms with E-state index in [9.17, 15) is 4.39 Å². The highest BCUT2D eigenvalue weighted by Crippen LogP contribution is 2.29. The van der Waals surface area contributed by atoms with Gasteiger partial charge in [-0.1, -0.05) is 19.1 Å². The van der Waals surface area contributed by atoms with Crippen LogP contribution in [0.5, 0.6) is 0 Å². The number of hydrazine groups is 1. The van der Waals surface area contributed by atoms with Crippen molar-refractivity contribution in [1.82, 2.24) is 5.43 Å². The van der Waals surface area contributed by atoms with Gasteiger partial charge in [0, 0.05) is 4.88 Å². The van der Waals surface area contributed by atoms with Gasteiger partial charge >= 0.3 is 0 Å². The van der Waals surface area contributed by atoms with Crippen molar-refractivity contribution < 1.29 is 4.39 Å². The van der Waals surface area contributed by atoms with E-state index < -0.39 is 0 Å². The molecule has 90 valence electrons. The highest BCUT2D eigenvalue weighted by Gasteiger charge is 2.17. The molecule has 1 heterocycles. The summed E-state index contributed by atoms with van der Waals surface area (Å²) in [5, 5.41) is 2.04. The molecule has 2 aromatic rings. The molecular formula is C13H15FN2S. The molecule has 1 aromatic heterocycles. The summed E-state index contributed by atoms with van der Waals surface area (Å²) in [6, 6.07) is 8.49. The lowest BCUT2D eigenvalue weighted by atomic mass is 10.0. The van der Waals surface area contributed by atoms with Gasteiger partial charge in [-0.2, -0.15) is 0 Å². The van der Waals surface area contributed by atoms with Crippen molar-refractivity contribution in [2.45, 2.75) is 19.4 Å². The number of aryl methyl sites for hydroxylation is 1. The summed E-state index contributed by atoms with van der Waals surface area (Å²) in [6.07, 6.45) is 0.951. The van der Waals surface area contributed by atoms with Crippen LogP contribution in [0.1, 0.15) is 29.0 Å². The number of hydrogen-bond donors (Lipinski definition) is 2. The number of rotatable bonds is 4. The Balaban J connectivity index is 2.40. The maximum Gasteiger partial charge on any atom is 0.123 e. The zero-order valence-corrected chi connectivity index (χ0v) is 10.4. The third-order valence-electron chi connectivity index (χ3n) is 2.77. The van der Waals surface area contributed by atoms with Gasteiger partial charge in [-0.15, -0.1) is 11.3 Å². The lowest BCUT2D eigenvalue weighted by Gasteiger charge is -2.16. The maximum absolute atomic E-state index is 13.2. The molecular weight excluding hydrogens is 235 g/mol. The molecule has 3 N–H and O–H groups in total. The highest BCUT2D eigenvalue weighted by molar-refractivity contribution is 7.10. The zero-order valence-electron chi connectivity index (χ0n) is 9.61. The van der Waals surface area contributed by atoms with Crippen LogP contribution in [0.3, 0.4) is 0 Å². The van der Waals surface area contributed by atoms with Crippen LogP contribution >= 0.6 is 11.3 Å². The second kappa shape index (κ2) is 5.40.